The summed E-state index contributed by atoms with van der Waals surface area (Å²) in [6.07, 6.45) is 2.18. The molecule has 1 rings (SSSR count). The Bertz CT molecular complexity index is 573. The third-order valence-corrected chi connectivity index (χ3v) is 3.80. The zero-order valence-electron chi connectivity index (χ0n) is 16.2. The highest BCUT2D eigenvalue weighted by Crippen LogP contribution is 2.23. The molecule has 6 nitrogen and oxygen atoms in total. The van der Waals surface area contributed by atoms with E-state index < -0.39 is 5.60 Å². The molecule has 0 radical (unpaired) electrons. The summed E-state index contributed by atoms with van der Waals surface area (Å²) in [6.45, 7) is 15.4. The highest BCUT2D eigenvalue weighted by Gasteiger charge is 2.27. The summed E-state index contributed by atoms with van der Waals surface area (Å²) < 4.78 is 10.9. The van der Waals surface area contributed by atoms with Crippen LogP contribution >= 0.6 is 0 Å². The van der Waals surface area contributed by atoms with Gasteiger partial charge in [-0.3, -0.25) is 4.79 Å². The Labute approximate surface area is 150 Å². The second kappa shape index (κ2) is 8.74. The van der Waals surface area contributed by atoms with E-state index in [9.17, 15) is 9.59 Å². The lowest BCUT2D eigenvalue weighted by Crippen LogP contribution is -2.49. The molecule has 6 heteroatoms. The molecule has 1 amide bonds. The third-order valence-electron chi connectivity index (χ3n) is 3.80. The summed E-state index contributed by atoms with van der Waals surface area (Å²) in [4.78, 5) is 27.4. The van der Waals surface area contributed by atoms with E-state index in [0.29, 0.717) is 37.5 Å². The first-order chi connectivity index (χ1) is 11.6. The summed E-state index contributed by atoms with van der Waals surface area (Å²) in [5.41, 5.74) is 1.64. The number of rotatable bonds is 5. The van der Waals surface area contributed by atoms with Crippen molar-refractivity contribution in [2.75, 3.05) is 33.3 Å². The van der Waals surface area contributed by atoms with E-state index in [0.717, 1.165) is 17.6 Å². The number of hydrogen-bond donors (Lipinski definition) is 0. The standard InChI is InChI=1S/C19H30N2O4/c1-8-16(17(24-7)15(13-22)14(2)3)20-9-11-21(12-10-20)18(23)25-19(4,5)6/h8,13H,1,9-12H2,2-7H3/b17-16-. The van der Waals surface area contributed by atoms with Crippen LogP contribution in [-0.4, -0.2) is 61.1 Å². The first kappa shape index (κ1) is 20.8. The number of hydrogen-bond acceptors (Lipinski definition) is 5. The molecule has 1 fully saturated rings. The zero-order chi connectivity index (χ0) is 19.2. The van der Waals surface area contributed by atoms with Gasteiger partial charge in [0.15, 0.2) is 12.0 Å². The van der Waals surface area contributed by atoms with Crippen LogP contribution in [0.2, 0.25) is 0 Å². The van der Waals surface area contributed by atoms with Gasteiger partial charge in [0.2, 0.25) is 0 Å². The molecule has 0 aromatic carbocycles. The highest BCUT2D eigenvalue weighted by molar-refractivity contribution is 5.81. The average molecular weight is 350 g/mol. The van der Waals surface area contributed by atoms with E-state index in [-0.39, 0.29) is 6.09 Å². The number of carbonyl (C=O) groups excluding carboxylic acids is 2. The molecule has 0 bridgehead atoms. The number of carbonyl (C=O) groups is 2. The van der Waals surface area contributed by atoms with Gasteiger partial charge in [0, 0.05) is 26.2 Å². The molecule has 1 aliphatic rings. The quantitative estimate of drug-likeness (QED) is 0.330. The molecule has 140 valence electrons. The largest absolute Gasteiger partial charge is 0.494 e. The van der Waals surface area contributed by atoms with E-state index in [2.05, 4.69) is 11.5 Å². The highest BCUT2D eigenvalue weighted by atomic mass is 16.6. The Balaban J connectivity index is 2.94. The molecular weight excluding hydrogens is 320 g/mol. The van der Waals surface area contributed by atoms with Crippen LogP contribution in [0.15, 0.2) is 35.3 Å². The fourth-order valence-electron chi connectivity index (χ4n) is 2.57. The van der Waals surface area contributed by atoms with E-state index in [1.54, 1.807) is 18.1 Å². The topological polar surface area (TPSA) is 59.1 Å². The maximum absolute atomic E-state index is 12.2. The smallest absolute Gasteiger partial charge is 0.410 e. The van der Waals surface area contributed by atoms with Crippen molar-refractivity contribution in [2.45, 2.75) is 40.2 Å². The minimum atomic E-state index is -0.508. The van der Waals surface area contributed by atoms with E-state index in [4.69, 9.17) is 9.47 Å². The first-order valence-electron chi connectivity index (χ1n) is 8.41. The molecule has 0 aromatic heterocycles. The van der Waals surface area contributed by atoms with Gasteiger partial charge in [-0.1, -0.05) is 12.2 Å². The molecule has 0 aliphatic carbocycles. The Morgan fingerprint density at radius 2 is 1.60 bits per heavy atom. The summed E-state index contributed by atoms with van der Waals surface area (Å²) in [6, 6.07) is 0. The van der Waals surface area contributed by atoms with E-state index in [1.807, 2.05) is 34.6 Å². The lowest BCUT2D eigenvalue weighted by atomic mass is 10.1. The van der Waals surface area contributed by atoms with Crippen LogP contribution in [0.4, 0.5) is 4.79 Å². The average Bonchev–Trinajstić information content (AvgIpc) is 2.53. The van der Waals surface area contributed by atoms with Crippen LogP contribution in [0.25, 0.3) is 0 Å². The summed E-state index contributed by atoms with van der Waals surface area (Å²) in [5, 5.41) is 0. The first-order valence-corrected chi connectivity index (χ1v) is 8.41. The normalized spacial score (nSPS) is 15.9. The lowest BCUT2D eigenvalue weighted by Gasteiger charge is -2.37. The van der Waals surface area contributed by atoms with Crippen LogP contribution in [0.3, 0.4) is 0 Å². The minimum absolute atomic E-state index is 0.305. The SMILES string of the molecule is C=C/C(=C(/OC)C(C=O)=C(C)C)N1CCN(C(=O)OC(C)(C)C)CC1. The Kier molecular flexibility index (Phi) is 7.27. The van der Waals surface area contributed by atoms with Gasteiger partial charge in [0.1, 0.15) is 5.60 Å². The fourth-order valence-corrected chi connectivity index (χ4v) is 2.57. The molecule has 0 spiro atoms. The van der Waals surface area contributed by atoms with Crippen LogP contribution in [0.5, 0.6) is 0 Å². The van der Waals surface area contributed by atoms with Gasteiger partial charge < -0.3 is 19.3 Å². The van der Waals surface area contributed by atoms with E-state index >= 15 is 0 Å². The number of ether oxygens (including phenoxy) is 2. The van der Waals surface area contributed by atoms with Crippen molar-refractivity contribution in [3.63, 3.8) is 0 Å². The lowest BCUT2D eigenvalue weighted by molar-refractivity contribution is -0.105. The molecule has 1 saturated heterocycles. The van der Waals surface area contributed by atoms with Crippen molar-refractivity contribution < 1.29 is 19.1 Å². The number of nitrogens with zero attached hydrogens (tertiary/aromatic N) is 2. The van der Waals surface area contributed by atoms with Crippen molar-refractivity contribution in [3.8, 4) is 0 Å². The second-order valence-electron chi connectivity index (χ2n) is 7.11. The zero-order valence-corrected chi connectivity index (χ0v) is 16.2. The Morgan fingerprint density at radius 1 is 1.08 bits per heavy atom. The van der Waals surface area contributed by atoms with Crippen LogP contribution in [-0.2, 0) is 14.3 Å². The van der Waals surface area contributed by atoms with Gasteiger partial charge in [0.25, 0.3) is 0 Å². The third kappa shape index (κ3) is 5.66. The van der Waals surface area contributed by atoms with Gasteiger partial charge in [-0.25, -0.2) is 4.79 Å². The van der Waals surface area contributed by atoms with Gasteiger partial charge in [-0.2, -0.15) is 0 Å². The molecule has 1 heterocycles. The van der Waals surface area contributed by atoms with Gasteiger partial charge in [-0.15, -0.1) is 0 Å². The van der Waals surface area contributed by atoms with Gasteiger partial charge >= 0.3 is 6.09 Å². The molecule has 0 saturated carbocycles. The number of allylic oxidation sites excluding steroid dienone is 3. The molecule has 0 N–H and O–H groups in total. The Hall–Kier alpha value is -2.24. The van der Waals surface area contributed by atoms with Crippen molar-refractivity contribution in [1.82, 2.24) is 9.80 Å². The molecule has 0 aromatic rings. The van der Waals surface area contributed by atoms with E-state index in [1.165, 1.54) is 0 Å². The van der Waals surface area contributed by atoms with Gasteiger partial charge in [0.05, 0.1) is 18.4 Å². The monoisotopic (exact) mass is 350 g/mol. The van der Waals surface area contributed by atoms with Crippen molar-refractivity contribution in [1.29, 1.82) is 0 Å². The molecule has 0 unspecified atom stereocenters. The maximum Gasteiger partial charge on any atom is 0.410 e. The number of amides is 1. The molecular formula is C19H30N2O4. The second-order valence-corrected chi connectivity index (χ2v) is 7.11. The number of aldehydes is 1. The molecule has 25 heavy (non-hydrogen) atoms. The van der Waals surface area contributed by atoms with Gasteiger partial charge in [-0.05, 0) is 40.7 Å². The minimum Gasteiger partial charge on any atom is -0.494 e. The Morgan fingerprint density at radius 3 is 1.96 bits per heavy atom. The van der Waals surface area contributed by atoms with Crippen LogP contribution < -0.4 is 0 Å². The number of methoxy groups -OCH3 is 1. The summed E-state index contributed by atoms with van der Waals surface area (Å²) >= 11 is 0. The van der Waals surface area contributed by atoms with Crippen molar-refractivity contribution >= 4 is 12.4 Å². The maximum atomic E-state index is 12.2. The fraction of sp³-hybridized carbons (Fsp3) is 0.579. The summed E-state index contributed by atoms with van der Waals surface area (Å²) in [5.74, 6) is 0.510. The summed E-state index contributed by atoms with van der Waals surface area (Å²) in [7, 11) is 1.54. The number of piperazine rings is 1. The van der Waals surface area contributed by atoms with Crippen molar-refractivity contribution in [3.05, 3.63) is 35.3 Å². The molecule has 0 atom stereocenters. The molecule has 1 aliphatic heterocycles. The van der Waals surface area contributed by atoms with Crippen LogP contribution in [0, 0.1) is 0 Å². The predicted octanol–water partition coefficient (Wildman–Crippen LogP) is 3.12. The predicted molar refractivity (Wildman–Crippen MR) is 98.1 cm³/mol. The van der Waals surface area contributed by atoms with Crippen molar-refractivity contribution in [2.24, 2.45) is 0 Å². The van der Waals surface area contributed by atoms with Crippen LogP contribution in [0.1, 0.15) is 34.6 Å².